The molecule has 0 bridgehead atoms. The lowest BCUT2D eigenvalue weighted by molar-refractivity contribution is 0.575. The van der Waals surface area contributed by atoms with Crippen LogP contribution in [0.25, 0.3) is 0 Å². The molecule has 1 unspecified atom stereocenters. The van der Waals surface area contributed by atoms with E-state index in [9.17, 15) is 0 Å². The van der Waals surface area contributed by atoms with Gasteiger partial charge >= 0.3 is 0 Å². The lowest BCUT2D eigenvalue weighted by Crippen LogP contribution is -2.18. The third-order valence-electron chi connectivity index (χ3n) is 2.84. The van der Waals surface area contributed by atoms with Crippen LogP contribution in [0, 0.1) is 6.92 Å². The highest BCUT2D eigenvalue weighted by atomic mass is 32.2. The highest BCUT2D eigenvalue weighted by Crippen LogP contribution is 2.25. The van der Waals surface area contributed by atoms with Crippen molar-refractivity contribution in [2.24, 2.45) is 5.73 Å². The van der Waals surface area contributed by atoms with Crippen molar-refractivity contribution in [2.75, 3.05) is 5.75 Å². The van der Waals surface area contributed by atoms with Crippen LogP contribution in [-0.2, 0) is 6.54 Å². The first-order valence-corrected chi connectivity index (χ1v) is 7.03. The number of thioether (sulfide) groups is 1. The summed E-state index contributed by atoms with van der Waals surface area (Å²) in [6.07, 6.45) is 1.76. The van der Waals surface area contributed by atoms with E-state index in [0.29, 0.717) is 0 Å². The second kappa shape index (κ2) is 6.02. The van der Waals surface area contributed by atoms with Crippen LogP contribution in [-0.4, -0.2) is 20.7 Å². The van der Waals surface area contributed by atoms with Crippen molar-refractivity contribution in [3.8, 4) is 0 Å². The number of rotatable bonds is 5. The first kappa shape index (κ1) is 13.1. The average Bonchev–Trinajstić information content (AvgIpc) is 2.86. The molecule has 4 nitrogen and oxygen atoms in total. The molecule has 1 heterocycles. The van der Waals surface area contributed by atoms with Gasteiger partial charge in [0.1, 0.15) is 0 Å². The van der Waals surface area contributed by atoms with Crippen LogP contribution in [0.2, 0.25) is 0 Å². The molecule has 0 aliphatic carbocycles. The molecular formula is C13H18N4S. The van der Waals surface area contributed by atoms with Crippen molar-refractivity contribution in [3.05, 3.63) is 41.7 Å². The first-order chi connectivity index (χ1) is 8.72. The lowest BCUT2D eigenvalue weighted by Gasteiger charge is -2.12. The molecule has 0 aliphatic rings. The molecule has 0 fully saturated rings. The summed E-state index contributed by atoms with van der Waals surface area (Å²) in [5.41, 5.74) is 8.48. The molecule has 2 N–H and O–H groups in total. The molecule has 0 saturated heterocycles. The number of benzene rings is 1. The minimum atomic E-state index is -0.0374. The third kappa shape index (κ3) is 2.91. The molecule has 0 radical (unpaired) electrons. The molecule has 5 heteroatoms. The summed E-state index contributed by atoms with van der Waals surface area (Å²) in [5, 5.41) is 7.92. The predicted molar refractivity (Wildman–Crippen MR) is 74.5 cm³/mol. The van der Waals surface area contributed by atoms with Gasteiger partial charge in [0.2, 0.25) is 0 Å². The Bertz CT molecular complexity index is 509. The third-order valence-corrected chi connectivity index (χ3v) is 4.13. The topological polar surface area (TPSA) is 56.7 Å². The average molecular weight is 262 g/mol. The summed E-state index contributed by atoms with van der Waals surface area (Å²) in [4.78, 5) is 1.28. The van der Waals surface area contributed by atoms with Gasteiger partial charge in [0.25, 0.3) is 0 Å². The Labute approximate surface area is 112 Å². The van der Waals surface area contributed by atoms with E-state index >= 15 is 0 Å². The van der Waals surface area contributed by atoms with E-state index < -0.39 is 0 Å². The Hall–Kier alpha value is -1.33. The summed E-state index contributed by atoms with van der Waals surface area (Å²) in [5.74, 6) is 0.832. The highest BCUT2D eigenvalue weighted by Gasteiger charge is 2.12. The molecule has 2 rings (SSSR count). The van der Waals surface area contributed by atoms with Crippen molar-refractivity contribution >= 4 is 11.8 Å². The zero-order valence-corrected chi connectivity index (χ0v) is 11.5. The van der Waals surface area contributed by atoms with Gasteiger partial charge < -0.3 is 5.73 Å². The SMILES string of the molecule is CCn1nncc1C(N)CSc1ccccc1C. The fraction of sp³-hybridized carbons (Fsp3) is 0.385. The van der Waals surface area contributed by atoms with Crippen LogP contribution in [0.5, 0.6) is 0 Å². The smallest absolute Gasteiger partial charge is 0.0762 e. The standard InChI is InChI=1S/C13H18N4S/c1-3-17-12(8-15-16-17)11(14)9-18-13-7-5-4-6-10(13)2/h4-8,11H,3,9,14H2,1-2H3. The zero-order chi connectivity index (χ0) is 13.0. The van der Waals surface area contributed by atoms with E-state index in [0.717, 1.165) is 18.0 Å². The fourth-order valence-corrected chi connectivity index (χ4v) is 2.78. The summed E-state index contributed by atoms with van der Waals surface area (Å²) < 4.78 is 1.85. The Balaban J connectivity index is 2.01. The van der Waals surface area contributed by atoms with Gasteiger partial charge in [0.05, 0.1) is 17.9 Å². The number of nitrogens with zero attached hydrogens (tertiary/aromatic N) is 3. The van der Waals surface area contributed by atoms with Gasteiger partial charge in [-0.15, -0.1) is 16.9 Å². The highest BCUT2D eigenvalue weighted by molar-refractivity contribution is 7.99. The maximum absolute atomic E-state index is 6.19. The van der Waals surface area contributed by atoms with Crippen molar-refractivity contribution < 1.29 is 0 Å². The lowest BCUT2D eigenvalue weighted by atomic mass is 10.2. The molecule has 2 aromatic rings. The summed E-state index contributed by atoms with van der Waals surface area (Å²) in [6.45, 7) is 4.96. The fourth-order valence-electron chi connectivity index (χ4n) is 1.78. The second-order valence-corrected chi connectivity index (χ2v) is 5.22. The zero-order valence-electron chi connectivity index (χ0n) is 10.7. The van der Waals surface area contributed by atoms with Crippen LogP contribution < -0.4 is 5.73 Å². The van der Waals surface area contributed by atoms with Gasteiger partial charge in [-0.3, -0.25) is 0 Å². The van der Waals surface area contributed by atoms with Crippen molar-refractivity contribution in [3.63, 3.8) is 0 Å². The van der Waals surface area contributed by atoms with Crippen LogP contribution in [0.3, 0.4) is 0 Å². The van der Waals surface area contributed by atoms with Crippen molar-refractivity contribution in [2.45, 2.75) is 31.3 Å². The van der Waals surface area contributed by atoms with E-state index in [1.54, 1.807) is 18.0 Å². The van der Waals surface area contributed by atoms with Crippen LogP contribution in [0.4, 0.5) is 0 Å². The Morgan fingerprint density at radius 2 is 2.17 bits per heavy atom. The Kier molecular flexibility index (Phi) is 4.38. The maximum atomic E-state index is 6.19. The summed E-state index contributed by atoms with van der Waals surface area (Å²) in [7, 11) is 0. The second-order valence-electron chi connectivity index (χ2n) is 4.16. The van der Waals surface area contributed by atoms with E-state index in [2.05, 4.69) is 41.5 Å². The molecule has 0 saturated carbocycles. The number of nitrogens with two attached hydrogens (primary N) is 1. The normalized spacial score (nSPS) is 12.6. The summed E-state index contributed by atoms with van der Waals surface area (Å²) in [6, 6.07) is 8.31. The van der Waals surface area contributed by atoms with Gasteiger partial charge in [0.15, 0.2) is 0 Å². The molecule has 1 atom stereocenters. The Morgan fingerprint density at radius 1 is 1.39 bits per heavy atom. The quantitative estimate of drug-likeness (QED) is 0.841. The number of hydrogen-bond acceptors (Lipinski definition) is 4. The first-order valence-electron chi connectivity index (χ1n) is 6.04. The Morgan fingerprint density at radius 3 is 2.89 bits per heavy atom. The van der Waals surface area contributed by atoms with Crippen LogP contribution in [0.1, 0.15) is 24.2 Å². The predicted octanol–water partition coefficient (Wildman–Crippen LogP) is 2.40. The van der Waals surface area contributed by atoms with Gasteiger partial charge in [0, 0.05) is 17.2 Å². The molecule has 0 amide bonds. The van der Waals surface area contributed by atoms with Gasteiger partial charge in [-0.05, 0) is 25.5 Å². The maximum Gasteiger partial charge on any atom is 0.0762 e. The van der Waals surface area contributed by atoms with E-state index in [-0.39, 0.29) is 6.04 Å². The molecule has 0 aliphatic heterocycles. The minimum Gasteiger partial charge on any atom is -0.322 e. The molecule has 1 aromatic carbocycles. The molecule has 18 heavy (non-hydrogen) atoms. The van der Waals surface area contributed by atoms with Gasteiger partial charge in [-0.2, -0.15) is 0 Å². The van der Waals surface area contributed by atoms with Crippen molar-refractivity contribution in [1.82, 2.24) is 15.0 Å². The summed E-state index contributed by atoms with van der Waals surface area (Å²) >= 11 is 1.78. The number of aryl methyl sites for hydroxylation is 2. The van der Waals surface area contributed by atoms with Gasteiger partial charge in [-0.1, -0.05) is 23.4 Å². The van der Waals surface area contributed by atoms with Crippen LogP contribution >= 0.6 is 11.8 Å². The van der Waals surface area contributed by atoms with E-state index in [1.807, 2.05) is 11.6 Å². The van der Waals surface area contributed by atoms with E-state index in [4.69, 9.17) is 5.73 Å². The monoisotopic (exact) mass is 262 g/mol. The minimum absolute atomic E-state index is 0.0374. The molecule has 0 spiro atoms. The molecule has 1 aromatic heterocycles. The molecular weight excluding hydrogens is 244 g/mol. The number of hydrogen-bond donors (Lipinski definition) is 1. The van der Waals surface area contributed by atoms with Crippen molar-refractivity contribution in [1.29, 1.82) is 0 Å². The van der Waals surface area contributed by atoms with E-state index in [1.165, 1.54) is 10.5 Å². The van der Waals surface area contributed by atoms with Gasteiger partial charge in [-0.25, -0.2) is 4.68 Å². The number of aromatic nitrogens is 3. The van der Waals surface area contributed by atoms with Crippen LogP contribution in [0.15, 0.2) is 35.4 Å². The molecule has 96 valence electrons. The largest absolute Gasteiger partial charge is 0.322 e.